The summed E-state index contributed by atoms with van der Waals surface area (Å²) in [4.78, 5) is 26.2. The van der Waals surface area contributed by atoms with E-state index in [4.69, 9.17) is 4.74 Å². The molecule has 0 aliphatic carbocycles. The lowest BCUT2D eigenvalue weighted by molar-refractivity contribution is -0.135. The van der Waals surface area contributed by atoms with Crippen molar-refractivity contribution in [3.8, 4) is 0 Å². The summed E-state index contributed by atoms with van der Waals surface area (Å²) in [6.45, 7) is 6.99. The summed E-state index contributed by atoms with van der Waals surface area (Å²) in [5.74, 6) is 0.0805. The van der Waals surface area contributed by atoms with Gasteiger partial charge in [-0.25, -0.2) is 0 Å². The lowest BCUT2D eigenvalue weighted by Crippen LogP contribution is -2.49. The maximum absolute atomic E-state index is 12.3. The molecule has 1 fully saturated rings. The molecule has 0 aromatic heterocycles. The summed E-state index contributed by atoms with van der Waals surface area (Å²) in [5, 5.41) is 6.12. The van der Waals surface area contributed by atoms with Crippen molar-refractivity contribution < 1.29 is 14.3 Å². The van der Waals surface area contributed by atoms with Crippen LogP contribution in [0.2, 0.25) is 0 Å². The van der Waals surface area contributed by atoms with Gasteiger partial charge in [-0.1, -0.05) is 13.3 Å². The molecule has 2 unspecified atom stereocenters. The SMILES string of the molecule is CCCC(C)NC(=O)C1CCCN(C(=O)CNCCOC)C1. The predicted molar refractivity (Wildman–Crippen MR) is 86.6 cm³/mol. The number of hydrogen-bond donors (Lipinski definition) is 2. The highest BCUT2D eigenvalue weighted by molar-refractivity contribution is 5.82. The molecule has 1 rings (SSSR count). The van der Waals surface area contributed by atoms with E-state index >= 15 is 0 Å². The molecular weight excluding hydrogens is 282 g/mol. The molecule has 128 valence electrons. The number of ether oxygens (including phenoxy) is 1. The van der Waals surface area contributed by atoms with E-state index in [-0.39, 0.29) is 23.8 Å². The highest BCUT2D eigenvalue weighted by Gasteiger charge is 2.28. The second-order valence-corrected chi connectivity index (χ2v) is 6.05. The van der Waals surface area contributed by atoms with Crippen LogP contribution in [0.1, 0.15) is 39.5 Å². The maximum Gasteiger partial charge on any atom is 0.236 e. The second kappa shape index (κ2) is 10.6. The van der Waals surface area contributed by atoms with Gasteiger partial charge in [0.1, 0.15) is 0 Å². The minimum absolute atomic E-state index is 0.0650. The van der Waals surface area contributed by atoms with Gasteiger partial charge in [-0.3, -0.25) is 9.59 Å². The number of methoxy groups -OCH3 is 1. The Bertz CT molecular complexity index is 350. The lowest BCUT2D eigenvalue weighted by Gasteiger charge is -2.32. The van der Waals surface area contributed by atoms with Crippen molar-refractivity contribution >= 4 is 11.8 Å². The van der Waals surface area contributed by atoms with Crippen LogP contribution in [0.4, 0.5) is 0 Å². The number of nitrogens with zero attached hydrogens (tertiary/aromatic N) is 1. The fraction of sp³-hybridized carbons (Fsp3) is 0.875. The Morgan fingerprint density at radius 2 is 2.18 bits per heavy atom. The van der Waals surface area contributed by atoms with Gasteiger partial charge in [0.2, 0.25) is 11.8 Å². The zero-order valence-corrected chi connectivity index (χ0v) is 14.2. The second-order valence-electron chi connectivity index (χ2n) is 6.05. The smallest absolute Gasteiger partial charge is 0.236 e. The molecule has 1 saturated heterocycles. The minimum Gasteiger partial charge on any atom is -0.383 e. The maximum atomic E-state index is 12.3. The Kier molecular flexibility index (Phi) is 9.08. The van der Waals surface area contributed by atoms with Crippen LogP contribution in [-0.2, 0) is 14.3 Å². The van der Waals surface area contributed by atoms with Crippen molar-refractivity contribution in [2.75, 3.05) is 39.9 Å². The van der Waals surface area contributed by atoms with E-state index in [1.807, 2.05) is 6.92 Å². The van der Waals surface area contributed by atoms with Crippen molar-refractivity contribution in [2.24, 2.45) is 5.92 Å². The number of amides is 2. The summed E-state index contributed by atoms with van der Waals surface area (Å²) in [7, 11) is 1.64. The molecule has 0 saturated carbocycles. The molecule has 6 nitrogen and oxygen atoms in total. The first kappa shape index (κ1) is 18.9. The number of carbonyl (C=O) groups excluding carboxylic acids is 2. The average Bonchev–Trinajstić information content (AvgIpc) is 2.51. The predicted octanol–water partition coefficient (Wildman–Crippen LogP) is 0.766. The third kappa shape index (κ3) is 6.75. The summed E-state index contributed by atoms with van der Waals surface area (Å²) in [5.41, 5.74) is 0. The van der Waals surface area contributed by atoms with Gasteiger partial charge in [0.05, 0.1) is 19.1 Å². The molecule has 6 heteroatoms. The first-order valence-electron chi connectivity index (χ1n) is 8.36. The summed E-state index contributed by atoms with van der Waals surface area (Å²) in [6, 6.07) is 0.208. The number of piperidine rings is 1. The highest BCUT2D eigenvalue weighted by atomic mass is 16.5. The zero-order valence-electron chi connectivity index (χ0n) is 14.2. The third-order valence-corrected chi connectivity index (χ3v) is 4.01. The first-order chi connectivity index (χ1) is 10.6. The topological polar surface area (TPSA) is 70.7 Å². The first-order valence-corrected chi connectivity index (χ1v) is 8.36. The van der Waals surface area contributed by atoms with E-state index < -0.39 is 0 Å². The minimum atomic E-state index is -0.0732. The monoisotopic (exact) mass is 313 g/mol. The number of carbonyl (C=O) groups is 2. The standard InChI is InChI=1S/C16H31N3O3/c1-4-6-13(2)18-16(21)14-7-5-9-19(12-14)15(20)11-17-8-10-22-3/h13-14,17H,4-12H2,1-3H3,(H,18,21). The van der Waals surface area contributed by atoms with E-state index in [2.05, 4.69) is 17.6 Å². The molecule has 1 heterocycles. The van der Waals surface area contributed by atoms with Crippen LogP contribution in [0, 0.1) is 5.92 Å². The highest BCUT2D eigenvalue weighted by Crippen LogP contribution is 2.17. The molecule has 2 amide bonds. The average molecular weight is 313 g/mol. The van der Waals surface area contributed by atoms with Crippen molar-refractivity contribution in [3.05, 3.63) is 0 Å². The molecule has 0 radical (unpaired) electrons. The van der Waals surface area contributed by atoms with Gasteiger partial charge in [0.25, 0.3) is 0 Å². The summed E-state index contributed by atoms with van der Waals surface area (Å²) in [6.07, 6.45) is 3.81. The summed E-state index contributed by atoms with van der Waals surface area (Å²) >= 11 is 0. The van der Waals surface area contributed by atoms with E-state index in [0.29, 0.717) is 26.2 Å². The fourth-order valence-corrected chi connectivity index (χ4v) is 2.76. The van der Waals surface area contributed by atoms with E-state index in [9.17, 15) is 9.59 Å². The normalized spacial score (nSPS) is 19.8. The van der Waals surface area contributed by atoms with Crippen LogP contribution >= 0.6 is 0 Å². The Morgan fingerprint density at radius 1 is 1.41 bits per heavy atom. The molecule has 1 aliphatic heterocycles. The molecule has 0 bridgehead atoms. The number of nitrogens with one attached hydrogen (secondary N) is 2. The molecule has 2 N–H and O–H groups in total. The number of hydrogen-bond acceptors (Lipinski definition) is 4. The van der Waals surface area contributed by atoms with E-state index in [1.165, 1.54) is 0 Å². The Hall–Kier alpha value is -1.14. The van der Waals surface area contributed by atoms with E-state index in [1.54, 1.807) is 12.0 Å². The van der Waals surface area contributed by atoms with Gasteiger partial charge in [0, 0.05) is 32.8 Å². The van der Waals surface area contributed by atoms with Crippen LogP contribution in [0.5, 0.6) is 0 Å². The van der Waals surface area contributed by atoms with Gasteiger partial charge in [0.15, 0.2) is 0 Å². The van der Waals surface area contributed by atoms with Gasteiger partial charge in [-0.15, -0.1) is 0 Å². The number of likely N-dealkylation sites (tertiary alicyclic amines) is 1. The lowest BCUT2D eigenvalue weighted by atomic mass is 9.96. The van der Waals surface area contributed by atoms with Crippen LogP contribution in [0.15, 0.2) is 0 Å². The Labute approximate surface area is 134 Å². The van der Waals surface area contributed by atoms with Gasteiger partial charge in [-0.05, 0) is 26.2 Å². The quantitative estimate of drug-likeness (QED) is 0.617. The van der Waals surface area contributed by atoms with Crippen LogP contribution in [-0.4, -0.2) is 62.7 Å². The van der Waals surface area contributed by atoms with Crippen LogP contribution in [0.25, 0.3) is 0 Å². The van der Waals surface area contributed by atoms with Gasteiger partial charge >= 0.3 is 0 Å². The van der Waals surface area contributed by atoms with Crippen LogP contribution < -0.4 is 10.6 Å². The Morgan fingerprint density at radius 3 is 2.86 bits per heavy atom. The van der Waals surface area contributed by atoms with Crippen molar-refractivity contribution in [2.45, 2.75) is 45.6 Å². The number of rotatable bonds is 9. The largest absolute Gasteiger partial charge is 0.383 e. The van der Waals surface area contributed by atoms with Gasteiger partial charge in [-0.2, -0.15) is 0 Å². The van der Waals surface area contributed by atoms with Crippen molar-refractivity contribution in [3.63, 3.8) is 0 Å². The van der Waals surface area contributed by atoms with E-state index in [0.717, 1.165) is 32.2 Å². The van der Waals surface area contributed by atoms with Crippen molar-refractivity contribution in [1.82, 2.24) is 15.5 Å². The molecule has 2 atom stereocenters. The molecule has 0 aromatic rings. The molecule has 1 aliphatic rings. The Balaban J connectivity index is 2.36. The van der Waals surface area contributed by atoms with Crippen molar-refractivity contribution in [1.29, 1.82) is 0 Å². The molecule has 0 aromatic carbocycles. The summed E-state index contributed by atoms with van der Waals surface area (Å²) < 4.78 is 4.93. The molecular formula is C16H31N3O3. The molecule has 22 heavy (non-hydrogen) atoms. The zero-order chi connectivity index (χ0) is 16.4. The van der Waals surface area contributed by atoms with Crippen LogP contribution in [0.3, 0.4) is 0 Å². The third-order valence-electron chi connectivity index (χ3n) is 4.01. The fourth-order valence-electron chi connectivity index (χ4n) is 2.76. The van der Waals surface area contributed by atoms with Gasteiger partial charge < -0.3 is 20.3 Å². The molecule has 0 spiro atoms.